The molecule has 1 N–H and O–H groups in total. The lowest BCUT2D eigenvalue weighted by atomic mass is 10.1. The highest BCUT2D eigenvalue weighted by molar-refractivity contribution is 5.85. The van der Waals surface area contributed by atoms with E-state index in [2.05, 4.69) is 10.2 Å². The Morgan fingerprint density at radius 2 is 2.00 bits per heavy atom. The van der Waals surface area contributed by atoms with Crippen LogP contribution in [0.3, 0.4) is 0 Å². The van der Waals surface area contributed by atoms with Gasteiger partial charge in [0.25, 0.3) is 0 Å². The maximum absolute atomic E-state index is 13.0. The highest BCUT2D eigenvalue weighted by atomic mass is 35.5. The lowest BCUT2D eigenvalue weighted by molar-refractivity contribution is -0.133. The molecule has 0 aliphatic carbocycles. The van der Waals surface area contributed by atoms with Crippen LogP contribution in [-0.4, -0.2) is 55.5 Å². The molecule has 4 nitrogen and oxygen atoms in total. The largest absolute Gasteiger partial charge is 0.338 e. The van der Waals surface area contributed by atoms with E-state index in [-0.39, 0.29) is 30.2 Å². The second kappa shape index (κ2) is 9.08. The van der Waals surface area contributed by atoms with Crippen molar-refractivity contribution in [3.8, 4) is 0 Å². The molecule has 1 aliphatic rings. The molecule has 1 heterocycles. The number of hydrogen-bond acceptors (Lipinski definition) is 3. The number of rotatable bonds is 4. The fraction of sp³-hybridized carbons (Fsp3) is 0.562. The third-order valence-electron chi connectivity index (χ3n) is 4.12. The molecule has 1 aromatic carbocycles. The van der Waals surface area contributed by atoms with Crippen molar-refractivity contribution in [1.29, 1.82) is 0 Å². The molecule has 0 bridgehead atoms. The van der Waals surface area contributed by atoms with Crippen LogP contribution in [-0.2, 0) is 4.79 Å². The van der Waals surface area contributed by atoms with Gasteiger partial charge in [-0.3, -0.25) is 9.69 Å². The maximum atomic E-state index is 13.0. The molecule has 22 heavy (non-hydrogen) atoms. The fourth-order valence-corrected chi connectivity index (χ4v) is 2.54. The zero-order chi connectivity index (χ0) is 15.2. The number of nitrogens with zero attached hydrogens (tertiary/aromatic N) is 2. The van der Waals surface area contributed by atoms with Crippen molar-refractivity contribution in [2.75, 3.05) is 39.8 Å². The van der Waals surface area contributed by atoms with Gasteiger partial charge in [-0.1, -0.05) is 12.1 Å². The lowest BCUT2D eigenvalue weighted by Crippen LogP contribution is -2.40. The SMILES string of the molecule is CC(c1ccc(F)cc1)N(C)C(=O)CN1CCCNCC1.Cl. The Morgan fingerprint density at radius 3 is 2.68 bits per heavy atom. The van der Waals surface area contributed by atoms with Crippen LogP contribution in [0.1, 0.15) is 24.9 Å². The first-order valence-electron chi connectivity index (χ1n) is 7.52. The van der Waals surface area contributed by atoms with Crippen molar-refractivity contribution in [3.63, 3.8) is 0 Å². The van der Waals surface area contributed by atoms with E-state index in [1.807, 2.05) is 14.0 Å². The Balaban J connectivity index is 0.00000242. The topological polar surface area (TPSA) is 35.6 Å². The van der Waals surface area contributed by atoms with E-state index in [1.54, 1.807) is 17.0 Å². The van der Waals surface area contributed by atoms with Crippen molar-refractivity contribution < 1.29 is 9.18 Å². The Morgan fingerprint density at radius 1 is 1.32 bits per heavy atom. The number of hydrogen-bond donors (Lipinski definition) is 1. The van der Waals surface area contributed by atoms with Crippen molar-refractivity contribution >= 4 is 18.3 Å². The fourth-order valence-electron chi connectivity index (χ4n) is 2.54. The van der Waals surface area contributed by atoms with Gasteiger partial charge >= 0.3 is 0 Å². The van der Waals surface area contributed by atoms with Crippen LogP contribution in [0.4, 0.5) is 4.39 Å². The predicted octanol–water partition coefficient (Wildman–Crippen LogP) is 2.06. The molecule has 0 aromatic heterocycles. The summed E-state index contributed by atoms with van der Waals surface area (Å²) in [5.74, 6) is -0.147. The highest BCUT2D eigenvalue weighted by Gasteiger charge is 2.20. The summed E-state index contributed by atoms with van der Waals surface area (Å²) in [6, 6.07) is 6.29. The van der Waals surface area contributed by atoms with Gasteiger partial charge in [0.15, 0.2) is 0 Å². The summed E-state index contributed by atoms with van der Waals surface area (Å²) in [6.45, 7) is 6.23. The second-order valence-electron chi connectivity index (χ2n) is 5.61. The summed E-state index contributed by atoms with van der Waals surface area (Å²) in [7, 11) is 1.81. The average Bonchev–Trinajstić information content (AvgIpc) is 2.75. The molecule has 6 heteroatoms. The second-order valence-corrected chi connectivity index (χ2v) is 5.61. The van der Waals surface area contributed by atoms with Crippen LogP contribution in [0.25, 0.3) is 0 Å². The monoisotopic (exact) mass is 329 g/mol. The van der Waals surface area contributed by atoms with Crippen molar-refractivity contribution in [1.82, 2.24) is 15.1 Å². The van der Waals surface area contributed by atoms with E-state index < -0.39 is 0 Å². The summed E-state index contributed by atoms with van der Waals surface area (Å²) in [6.07, 6.45) is 1.07. The Labute approximate surface area is 138 Å². The number of amides is 1. The smallest absolute Gasteiger partial charge is 0.236 e. The standard InChI is InChI=1S/C16H24FN3O.ClH/c1-13(14-4-6-15(17)7-5-14)19(2)16(21)12-20-10-3-8-18-9-11-20;/h4-7,13,18H,3,8-12H2,1-2H3;1H. The van der Waals surface area contributed by atoms with Crippen LogP contribution in [0, 0.1) is 5.82 Å². The lowest BCUT2D eigenvalue weighted by Gasteiger charge is -2.28. The van der Waals surface area contributed by atoms with Gasteiger partial charge in [-0.15, -0.1) is 12.4 Å². The van der Waals surface area contributed by atoms with E-state index >= 15 is 0 Å². The molecule has 1 aliphatic heterocycles. The van der Waals surface area contributed by atoms with Gasteiger partial charge in [0.1, 0.15) is 5.82 Å². The normalized spacial score (nSPS) is 17.2. The highest BCUT2D eigenvalue weighted by Crippen LogP contribution is 2.19. The summed E-state index contributed by atoms with van der Waals surface area (Å²) < 4.78 is 13.0. The molecule has 0 saturated carbocycles. The quantitative estimate of drug-likeness (QED) is 0.918. The van der Waals surface area contributed by atoms with Gasteiger partial charge in [-0.25, -0.2) is 4.39 Å². The number of halogens is 2. The predicted molar refractivity (Wildman–Crippen MR) is 88.8 cm³/mol. The molecular weight excluding hydrogens is 305 g/mol. The van der Waals surface area contributed by atoms with E-state index in [1.165, 1.54) is 12.1 Å². The minimum Gasteiger partial charge on any atom is -0.338 e. The molecule has 0 spiro atoms. The zero-order valence-corrected chi connectivity index (χ0v) is 14.0. The van der Waals surface area contributed by atoms with Crippen LogP contribution in [0.2, 0.25) is 0 Å². The molecule has 2 rings (SSSR count). The summed E-state index contributed by atoms with van der Waals surface area (Å²) in [4.78, 5) is 16.3. The third-order valence-corrected chi connectivity index (χ3v) is 4.12. The number of carbonyl (C=O) groups is 1. The maximum Gasteiger partial charge on any atom is 0.236 e. The molecule has 1 saturated heterocycles. The van der Waals surface area contributed by atoms with Gasteiger partial charge in [-0.2, -0.15) is 0 Å². The van der Waals surface area contributed by atoms with Crippen molar-refractivity contribution in [3.05, 3.63) is 35.6 Å². The first-order chi connectivity index (χ1) is 10.1. The van der Waals surface area contributed by atoms with Crippen LogP contribution >= 0.6 is 12.4 Å². The zero-order valence-electron chi connectivity index (χ0n) is 13.2. The molecule has 1 atom stereocenters. The van der Waals surface area contributed by atoms with E-state index in [9.17, 15) is 9.18 Å². The molecule has 1 unspecified atom stereocenters. The van der Waals surface area contributed by atoms with E-state index in [0.717, 1.165) is 38.2 Å². The summed E-state index contributed by atoms with van der Waals surface area (Å²) >= 11 is 0. The molecule has 1 fully saturated rings. The van der Waals surface area contributed by atoms with Gasteiger partial charge in [0, 0.05) is 20.1 Å². The van der Waals surface area contributed by atoms with Crippen LogP contribution < -0.4 is 5.32 Å². The summed E-state index contributed by atoms with van der Waals surface area (Å²) in [5, 5.41) is 3.33. The Kier molecular flexibility index (Phi) is 7.79. The van der Waals surface area contributed by atoms with Crippen molar-refractivity contribution in [2.24, 2.45) is 0 Å². The molecule has 0 radical (unpaired) electrons. The minimum absolute atomic E-state index is 0. The molecule has 1 aromatic rings. The van der Waals surface area contributed by atoms with E-state index in [0.29, 0.717) is 6.54 Å². The van der Waals surface area contributed by atoms with Crippen molar-refractivity contribution in [2.45, 2.75) is 19.4 Å². The molecule has 124 valence electrons. The Hall–Kier alpha value is -1.17. The molecule has 1 amide bonds. The summed E-state index contributed by atoms with van der Waals surface area (Å²) in [5.41, 5.74) is 0.949. The van der Waals surface area contributed by atoms with E-state index in [4.69, 9.17) is 0 Å². The average molecular weight is 330 g/mol. The van der Waals surface area contributed by atoms with Gasteiger partial charge < -0.3 is 10.2 Å². The molecular formula is C16H25ClFN3O. The van der Waals surface area contributed by atoms with Gasteiger partial charge in [0.2, 0.25) is 5.91 Å². The number of nitrogens with one attached hydrogen (secondary N) is 1. The number of carbonyl (C=O) groups excluding carboxylic acids is 1. The van der Waals surface area contributed by atoms with Crippen LogP contribution in [0.5, 0.6) is 0 Å². The van der Waals surface area contributed by atoms with Gasteiger partial charge in [0.05, 0.1) is 12.6 Å². The van der Waals surface area contributed by atoms with Crippen LogP contribution in [0.15, 0.2) is 24.3 Å². The first-order valence-corrected chi connectivity index (χ1v) is 7.52. The first kappa shape index (κ1) is 18.9. The number of benzene rings is 1. The third kappa shape index (κ3) is 5.23. The minimum atomic E-state index is -0.253. The van der Waals surface area contributed by atoms with Gasteiger partial charge in [-0.05, 0) is 44.1 Å². The Bertz CT molecular complexity index is 461. The number of likely N-dealkylation sites (N-methyl/N-ethyl adjacent to an activating group) is 1.